The molecular formula is C27H23ClF3NO4S2. The minimum atomic E-state index is -4.42. The van der Waals surface area contributed by atoms with Crippen LogP contribution in [-0.4, -0.2) is 20.4 Å². The molecule has 2 aliphatic rings. The van der Waals surface area contributed by atoms with Crippen molar-refractivity contribution in [2.45, 2.75) is 42.1 Å². The summed E-state index contributed by atoms with van der Waals surface area (Å²) in [5, 5.41) is 0. The number of carbonyl (C=O) groups is 1. The number of hydrogen-bond acceptors (Lipinski definition) is 5. The number of esters is 1. The molecule has 1 heterocycles. The number of rotatable bonds is 6. The Morgan fingerprint density at radius 1 is 1.00 bits per heavy atom. The first-order valence-electron chi connectivity index (χ1n) is 11.9. The lowest BCUT2D eigenvalue weighted by Gasteiger charge is -2.23. The smallest absolute Gasteiger partial charge is 0.416 e. The predicted molar refractivity (Wildman–Crippen MR) is 140 cm³/mol. The summed E-state index contributed by atoms with van der Waals surface area (Å²) in [4.78, 5) is 12.3. The minimum Gasteiger partial charge on any atom is -0.423 e. The topological polar surface area (TPSA) is 72.5 Å². The highest BCUT2D eigenvalue weighted by Crippen LogP contribution is 2.42. The van der Waals surface area contributed by atoms with Gasteiger partial charge >= 0.3 is 12.1 Å². The molecule has 0 spiro atoms. The number of fused-ring (bicyclic) bond motifs is 3. The summed E-state index contributed by atoms with van der Waals surface area (Å²) in [6.07, 6.45) is 1.31. The highest BCUT2D eigenvalue weighted by atomic mass is 35.5. The van der Waals surface area contributed by atoms with Crippen molar-refractivity contribution in [3.8, 4) is 5.75 Å². The Labute approximate surface area is 227 Å². The molecule has 2 bridgehead atoms. The van der Waals surface area contributed by atoms with Crippen molar-refractivity contribution in [2.24, 2.45) is 11.8 Å². The maximum atomic E-state index is 12.9. The summed E-state index contributed by atoms with van der Waals surface area (Å²) in [6, 6.07) is 12.8. The van der Waals surface area contributed by atoms with E-state index in [9.17, 15) is 26.4 Å². The van der Waals surface area contributed by atoms with Gasteiger partial charge in [-0.25, -0.2) is 17.9 Å². The van der Waals surface area contributed by atoms with E-state index in [0.29, 0.717) is 28.5 Å². The first-order chi connectivity index (χ1) is 18.0. The lowest BCUT2D eigenvalue weighted by molar-refractivity contribution is -0.137. The first kappa shape index (κ1) is 26.9. The molecule has 0 amide bonds. The molecule has 2 aromatic carbocycles. The number of hydrogen-bond donors (Lipinski definition) is 1. The van der Waals surface area contributed by atoms with E-state index in [2.05, 4.69) is 4.72 Å². The average Bonchev–Trinajstić information content (AvgIpc) is 3.41. The highest BCUT2D eigenvalue weighted by molar-refractivity contribution is 7.91. The number of halogens is 4. The van der Waals surface area contributed by atoms with Crippen LogP contribution in [0.25, 0.3) is 6.08 Å². The quantitative estimate of drug-likeness (QED) is 0.205. The minimum absolute atomic E-state index is 0.108. The molecule has 200 valence electrons. The molecule has 0 unspecified atom stereocenters. The van der Waals surface area contributed by atoms with Crippen molar-refractivity contribution < 1.29 is 31.1 Å². The second kappa shape index (κ2) is 10.5. The van der Waals surface area contributed by atoms with E-state index in [0.717, 1.165) is 53.5 Å². The summed E-state index contributed by atoms with van der Waals surface area (Å²) in [5.41, 5.74) is 1.78. The molecule has 0 aliphatic heterocycles. The Bertz CT molecular complexity index is 1480. The number of thiophene rings is 1. The highest BCUT2D eigenvalue weighted by Gasteiger charge is 2.41. The Balaban J connectivity index is 1.25. The maximum Gasteiger partial charge on any atom is 0.416 e. The van der Waals surface area contributed by atoms with E-state index < -0.39 is 27.7 Å². The summed E-state index contributed by atoms with van der Waals surface area (Å²) < 4.78 is 73.0. The monoisotopic (exact) mass is 581 g/mol. The zero-order valence-electron chi connectivity index (χ0n) is 19.9. The lowest BCUT2D eigenvalue weighted by Crippen LogP contribution is -2.41. The van der Waals surface area contributed by atoms with E-state index >= 15 is 0 Å². The van der Waals surface area contributed by atoms with Crippen molar-refractivity contribution in [3.63, 3.8) is 0 Å². The number of alkyl halides is 3. The van der Waals surface area contributed by atoms with Crippen LogP contribution in [0.4, 0.5) is 13.2 Å². The van der Waals surface area contributed by atoms with Crippen molar-refractivity contribution in [3.05, 3.63) is 87.3 Å². The molecule has 1 saturated carbocycles. The van der Waals surface area contributed by atoms with Gasteiger partial charge in [-0.2, -0.15) is 13.2 Å². The molecule has 0 saturated heterocycles. The van der Waals surface area contributed by atoms with E-state index in [1.54, 1.807) is 12.1 Å². The van der Waals surface area contributed by atoms with E-state index in [1.165, 1.54) is 24.3 Å². The van der Waals surface area contributed by atoms with Gasteiger partial charge in [-0.15, -0.1) is 11.3 Å². The van der Waals surface area contributed by atoms with Crippen molar-refractivity contribution in [2.75, 3.05) is 0 Å². The van der Waals surface area contributed by atoms with Gasteiger partial charge in [0.15, 0.2) is 0 Å². The van der Waals surface area contributed by atoms with E-state index in [1.807, 2.05) is 12.1 Å². The molecule has 11 heteroatoms. The van der Waals surface area contributed by atoms with Crippen LogP contribution in [0.3, 0.4) is 0 Å². The Hall–Kier alpha value is -2.66. The number of sulfonamides is 1. The Kier molecular flexibility index (Phi) is 7.43. The van der Waals surface area contributed by atoms with Crippen LogP contribution in [-0.2, 0) is 33.8 Å². The second-order valence-electron chi connectivity index (χ2n) is 9.52. The van der Waals surface area contributed by atoms with Gasteiger partial charge in [0.1, 0.15) is 9.96 Å². The molecule has 3 aromatic rings. The third-order valence-electron chi connectivity index (χ3n) is 7.04. The molecule has 5 rings (SSSR count). The first-order valence-corrected chi connectivity index (χ1v) is 14.6. The van der Waals surface area contributed by atoms with E-state index in [4.69, 9.17) is 16.3 Å². The molecule has 0 radical (unpaired) electrons. The molecule has 3 atom stereocenters. The number of ether oxygens (including phenoxy) is 1. The molecule has 1 N–H and O–H groups in total. The van der Waals surface area contributed by atoms with Crippen LogP contribution in [0.5, 0.6) is 5.75 Å². The zero-order chi connectivity index (χ0) is 27.1. The van der Waals surface area contributed by atoms with Crippen LogP contribution in [0.1, 0.15) is 35.1 Å². The van der Waals surface area contributed by atoms with Gasteiger partial charge in [-0.3, -0.25) is 0 Å². The summed E-state index contributed by atoms with van der Waals surface area (Å²) in [7, 11) is -3.68. The van der Waals surface area contributed by atoms with Crippen LogP contribution in [0, 0.1) is 11.8 Å². The lowest BCUT2D eigenvalue weighted by atomic mass is 9.93. The van der Waals surface area contributed by atoms with Crippen molar-refractivity contribution in [1.82, 2.24) is 4.72 Å². The fraction of sp³-hybridized carbons (Fsp3) is 0.296. The van der Waals surface area contributed by atoms with Crippen LogP contribution in [0.2, 0.25) is 4.34 Å². The number of nitrogens with one attached hydrogen (secondary N) is 1. The average molecular weight is 582 g/mol. The van der Waals surface area contributed by atoms with Gasteiger partial charge in [0.05, 0.1) is 9.90 Å². The normalized spacial score (nSPS) is 21.3. The molecule has 1 aromatic heterocycles. The summed E-state index contributed by atoms with van der Waals surface area (Å²) >= 11 is 6.96. The van der Waals surface area contributed by atoms with Crippen LogP contribution in [0.15, 0.2) is 64.9 Å². The summed E-state index contributed by atoms with van der Waals surface area (Å²) in [5.74, 6) is -0.0299. The van der Waals surface area contributed by atoms with Gasteiger partial charge in [0.2, 0.25) is 10.0 Å². The fourth-order valence-electron chi connectivity index (χ4n) is 5.22. The molecule has 5 nitrogen and oxygen atoms in total. The van der Waals surface area contributed by atoms with Gasteiger partial charge in [-0.05, 0) is 96.7 Å². The summed E-state index contributed by atoms with van der Waals surface area (Å²) in [6.45, 7) is 0. The maximum absolute atomic E-state index is 12.9. The second-order valence-corrected chi connectivity index (χ2v) is 13.2. The van der Waals surface area contributed by atoms with Crippen molar-refractivity contribution in [1.29, 1.82) is 0 Å². The SMILES string of the molecule is O=C(/C=C/c1ccc(C(F)(F)F)cc1)Oc1ccc2c(c1)C[C@H]1CC[C@@H](C2)[C@H]1NS(=O)(=O)c1ccc(Cl)s1. The van der Waals surface area contributed by atoms with Crippen molar-refractivity contribution >= 4 is 45.0 Å². The predicted octanol–water partition coefficient (Wildman–Crippen LogP) is 6.51. The van der Waals surface area contributed by atoms with E-state index in [-0.39, 0.29) is 22.1 Å². The fourth-order valence-corrected chi connectivity index (χ4v) is 8.09. The van der Waals surface area contributed by atoms with Gasteiger partial charge in [0.25, 0.3) is 0 Å². The third kappa shape index (κ3) is 5.98. The van der Waals surface area contributed by atoms with Gasteiger partial charge in [-0.1, -0.05) is 29.8 Å². The standard InChI is InChI=1S/C27H23ClF3NO4S2/c28-23-10-12-25(37-23)38(34,35)32-26-18-4-5-19(26)14-20-15-22(9-6-17(20)13-18)36-24(33)11-3-16-1-7-21(8-2-16)27(29,30)31/h1-3,6-12,15,18-19,26,32H,4-5,13-14H2/b11-3+/t18-,19+,26+/m0/s1. The Morgan fingerprint density at radius 3 is 2.32 bits per heavy atom. The zero-order valence-corrected chi connectivity index (χ0v) is 22.3. The van der Waals surface area contributed by atoms with Gasteiger partial charge < -0.3 is 4.74 Å². The molecule has 38 heavy (non-hydrogen) atoms. The van der Waals surface area contributed by atoms with Crippen LogP contribution < -0.4 is 9.46 Å². The van der Waals surface area contributed by atoms with Gasteiger partial charge in [0, 0.05) is 12.1 Å². The molecule has 2 aliphatic carbocycles. The number of carbonyl (C=O) groups excluding carboxylic acids is 1. The third-order valence-corrected chi connectivity index (χ3v) is 10.2. The van der Waals surface area contributed by atoms with Crippen LogP contribution >= 0.6 is 22.9 Å². The molecule has 1 fully saturated rings. The number of benzene rings is 2. The Morgan fingerprint density at radius 2 is 1.68 bits per heavy atom. The largest absolute Gasteiger partial charge is 0.423 e. The molecular weight excluding hydrogens is 559 g/mol.